The summed E-state index contributed by atoms with van der Waals surface area (Å²) in [7, 11) is -0.976. The smallest absolute Gasteiger partial charge is 0.0919 e. The highest BCUT2D eigenvalue weighted by Crippen LogP contribution is 1.98. The average Bonchev–Trinajstić information content (AvgIpc) is 1.35. The SMILES string of the molecule is CC/C=[P+](\C)[O-]. The molecule has 0 bridgehead atoms. The third kappa shape index (κ3) is 4.13. The van der Waals surface area contributed by atoms with Crippen LogP contribution in [0.1, 0.15) is 13.3 Å². The molecule has 0 aliphatic rings. The molecule has 6 heavy (non-hydrogen) atoms. The summed E-state index contributed by atoms with van der Waals surface area (Å²) in [5.41, 5.74) is 0. The van der Waals surface area contributed by atoms with Gasteiger partial charge in [0.25, 0.3) is 0 Å². The maximum absolute atomic E-state index is 10.1. The Morgan fingerprint density at radius 3 is 2.33 bits per heavy atom. The standard InChI is InChI=1S/C4H9OP/c1-3-4-6(2)5/h4H,3H2,1-2H3. The Kier molecular flexibility index (Phi) is 3.40. The Labute approximate surface area is 39.5 Å². The zero-order valence-electron chi connectivity index (χ0n) is 4.14. The van der Waals surface area contributed by atoms with E-state index in [1.54, 1.807) is 12.5 Å². The lowest BCUT2D eigenvalue weighted by Gasteiger charge is -1.80. The Morgan fingerprint density at radius 2 is 2.33 bits per heavy atom. The van der Waals surface area contributed by atoms with Crippen LogP contribution in [0.3, 0.4) is 0 Å². The summed E-state index contributed by atoms with van der Waals surface area (Å²) in [5.74, 6) is 1.80. The van der Waals surface area contributed by atoms with Crippen molar-refractivity contribution in [2.45, 2.75) is 13.3 Å². The topological polar surface area (TPSA) is 23.1 Å². The molecule has 36 valence electrons. The second-order valence-corrected chi connectivity index (χ2v) is 2.59. The molecule has 0 saturated carbocycles. The highest BCUT2D eigenvalue weighted by atomic mass is 31.1. The molecule has 0 aromatic heterocycles. The molecule has 0 saturated heterocycles. The van der Waals surface area contributed by atoms with Gasteiger partial charge in [0.15, 0.2) is 0 Å². The third-order valence-electron chi connectivity index (χ3n) is 0.440. The summed E-state index contributed by atoms with van der Waals surface area (Å²) in [4.78, 5) is 10.1. The molecule has 0 fully saturated rings. The second kappa shape index (κ2) is 3.32. The maximum atomic E-state index is 10.1. The molecule has 0 aliphatic carbocycles. The van der Waals surface area contributed by atoms with E-state index in [0.29, 0.717) is 0 Å². The Balaban J connectivity index is 3.14. The van der Waals surface area contributed by atoms with Crippen molar-refractivity contribution in [1.29, 1.82) is 0 Å². The largest absolute Gasteiger partial charge is 0.631 e. The Bertz CT molecular complexity index is 54.6. The lowest BCUT2D eigenvalue weighted by molar-refractivity contribution is -0.151. The summed E-state index contributed by atoms with van der Waals surface area (Å²) < 4.78 is 0. The van der Waals surface area contributed by atoms with Crippen LogP contribution >= 0.6 is 7.77 Å². The van der Waals surface area contributed by atoms with Crippen LogP contribution in [0, 0.1) is 0 Å². The van der Waals surface area contributed by atoms with E-state index < -0.39 is 7.77 Å². The van der Waals surface area contributed by atoms with Gasteiger partial charge in [0.05, 0.1) is 12.5 Å². The Morgan fingerprint density at radius 1 is 1.83 bits per heavy atom. The molecule has 1 atom stereocenters. The highest BCUT2D eigenvalue weighted by Gasteiger charge is 1.73. The minimum Gasteiger partial charge on any atom is -0.631 e. The van der Waals surface area contributed by atoms with Crippen LogP contribution in [-0.2, 0) is 0 Å². The van der Waals surface area contributed by atoms with Crippen molar-refractivity contribution in [3.63, 3.8) is 0 Å². The highest BCUT2D eigenvalue weighted by molar-refractivity contribution is 7.49. The molecule has 1 unspecified atom stereocenters. The first-order chi connectivity index (χ1) is 2.77. The van der Waals surface area contributed by atoms with Crippen LogP contribution in [0.5, 0.6) is 0 Å². The van der Waals surface area contributed by atoms with Gasteiger partial charge in [-0.1, -0.05) is 6.92 Å². The monoisotopic (exact) mass is 104 g/mol. The van der Waals surface area contributed by atoms with E-state index in [4.69, 9.17) is 0 Å². The molecule has 0 aromatic rings. The normalized spacial score (nSPS) is 12.2. The summed E-state index contributed by atoms with van der Waals surface area (Å²) in [5, 5.41) is 0. The fraction of sp³-hybridized carbons (Fsp3) is 0.750. The maximum Gasteiger partial charge on any atom is 0.0919 e. The lowest BCUT2D eigenvalue weighted by atomic mass is 10.6. The van der Waals surface area contributed by atoms with Crippen LogP contribution in [0.15, 0.2) is 0 Å². The molecule has 0 radical (unpaired) electrons. The van der Waals surface area contributed by atoms with Crippen LogP contribution < -0.4 is 4.89 Å². The van der Waals surface area contributed by atoms with E-state index in [1.807, 2.05) is 6.92 Å². The van der Waals surface area contributed by atoms with E-state index in [0.717, 1.165) is 6.42 Å². The van der Waals surface area contributed by atoms with Gasteiger partial charge < -0.3 is 4.89 Å². The first-order valence-electron chi connectivity index (χ1n) is 2.00. The first kappa shape index (κ1) is 6.13. The molecule has 2 heteroatoms. The van der Waals surface area contributed by atoms with E-state index in [-0.39, 0.29) is 0 Å². The van der Waals surface area contributed by atoms with Gasteiger partial charge >= 0.3 is 0 Å². The molecule has 0 rings (SSSR count). The molecule has 0 aromatic carbocycles. The molecular weight excluding hydrogens is 95.0 g/mol. The lowest BCUT2D eigenvalue weighted by Crippen LogP contribution is -1.84. The molecule has 0 amide bonds. The zero-order valence-corrected chi connectivity index (χ0v) is 5.03. The van der Waals surface area contributed by atoms with Crippen molar-refractivity contribution >= 4 is 13.6 Å². The fourth-order valence-corrected chi connectivity index (χ4v) is 0.771. The van der Waals surface area contributed by atoms with Crippen LogP contribution in [0.4, 0.5) is 0 Å². The number of hydrogen-bond acceptors (Lipinski definition) is 1. The van der Waals surface area contributed by atoms with Crippen molar-refractivity contribution in [2.75, 3.05) is 6.66 Å². The molecule has 1 nitrogen and oxygen atoms in total. The van der Waals surface area contributed by atoms with Gasteiger partial charge in [0, 0.05) is 14.2 Å². The number of rotatable bonds is 1. The van der Waals surface area contributed by atoms with Crippen molar-refractivity contribution < 1.29 is 4.89 Å². The van der Waals surface area contributed by atoms with E-state index >= 15 is 0 Å². The van der Waals surface area contributed by atoms with Crippen molar-refractivity contribution in [3.05, 3.63) is 0 Å². The summed E-state index contributed by atoms with van der Waals surface area (Å²) in [6.07, 6.45) is 0.922. The van der Waals surface area contributed by atoms with Crippen molar-refractivity contribution in [3.8, 4) is 0 Å². The molecule has 0 N–H and O–H groups in total. The number of hydrogen-bond donors (Lipinski definition) is 0. The molecule has 0 heterocycles. The molecule has 0 spiro atoms. The van der Waals surface area contributed by atoms with Gasteiger partial charge in [-0.15, -0.1) is 0 Å². The predicted molar refractivity (Wildman–Crippen MR) is 29.2 cm³/mol. The predicted octanol–water partition coefficient (Wildman–Crippen LogP) is 0.586. The van der Waals surface area contributed by atoms with Gasteiger partial charge in [-0.05, 0) is 0 Å². The van der Waals surface area contributed by atoms with Gasteiger partial charge in [-0.2, -0.15) is 0 Å². The molecule has 0 aliphatic heterocycles. The van der Waals surface area contributed by atoms with E-state index in [1.165, 1.54) is 0 Å². The summed E-state index contributed by atoms with van der Waals surface area (Å²) in [6.45, 7) is 3.69. The quantitative estimate of drug-likeness (QED) is 0.446. The van der Waals surface area contributed by atoms with Gasteiger partial charge in [-0.25, -0.2) is 0 Å². The van der Waals surface area contributed by atoms with Gasteiger partial charge in [0.1, 0.15) is 0 Å². The van der Waals surface area contributed by atoms with Crippen LogP contribution in [0.25, 0.3) is 0 Å². The van der Waals surface area contributed by atoms with E-state index in [2.05, 4.69) is 0 Å². The molecular formula is C4H9OP. The van der Waals surface area contributed by atoms with Crippen LogP contribution in [0.2, 0.25) is 0 Å². The van der Waals surface area contributed by atoms with Gasteiger partial charge in [0.2, 0.25) is 0 Å². The van der Waals surface area contributed by atoms with Crippen LogP contribution in [-0.4, -0.2) is 12.5 Å². The minimum absolute atomic E-state index is 0.922. The van der Waals surface area contributed by atoms with Crippen molar-refractivity contribution in [2.24, 2.45) is 0 Å². The zero-order chi connectivity index (χ0) is 4.99. The summed E-state index contributed by atoms with van der Waals surface area (Å²) in [6, 6.07) is 0. The summed E-state index contributed by atoms with van der Waals surface area (Å²) >= 11 is 0. The average molecular weight is 104 g/mol. The second-order valence-electron chi connectivity index (χ2n) is 1.14. The van der Waals surface area contributed by atoms with Gasteiger partial charge in [-0.3, -0.25) is 0 Å². The fourth-order valence-electron chi connectivity index (χ4n) is 0.257. The Hall–Kier alpha value is 0.130. The third-order valence-corrected chi connectivity index (χ3v) is 1.32. The van der Waals surface area contributed by atoms with Crippen molar-refractivity contribution in [1.82, 2.24) is 0 Å². The van der Waals surface area contributed by atoms with E-state index in [9.17, 15) is 4.89 Å². The minimum atomic E-state index is -0.976. The first-order valence-corrected chi connectivity index (χ1v) is 3.78.